The van der Waals surface area contributed by atoms with E-state index >= 15 is 0 Å². The molecule has 6 nitrogen and oxygen atoms in total. The maximum absolute atomic E-state index is 13.0. The first-order chi connectivity index (χ1) is 11.5. The molecule has 0 spiro atoms. The molecule has 3 rings (SSSR count). The van der Waals surface area contributed by atoms with Gasteiger partial charge in [-0.05, 0) is 12.1 Å². The molecule has 2 heterocycles. The van der Waals surface area contributed by atoms with Crippen LogP contribution in [0.4, 0.5) is 0 Å². The van der Waals surface area contributed by atoms with Crippen LogP contribution in [0.3, 0.4) is 0 Å². The van der Waals surface area contributed by atoms with Crippen molar-refractivity contribution in [1.29, 1.82) is 0 Å². The molecule has 0 unspecified atom stereocenters. The van der Waals surface area contributed by atoms with Crippen LogP contribution in [-0.2, 0) is 13.0 Å². The summed E-state index contributed by atoms with van der Waals surface area (Å²) in [5, 5.41) is 0. The van der Waals surface area contributed by atoms with Gasteiger partial charge in [0.05, 0.1) is 20.8 Å². The SMILES string of the molecule is COc1cccc(OC)c1C(=O)N1CCc2oc(C(C)C)nc2C1. The Hall–Kier alpha value is -2.50. The van der Waals surface area contributed by atoms with Gasteiger partial charge in [-0.2, -0.15) is 0 Å². The quantitative estimate of drug-likeness (QED) is 0.862. The highest BCUT2D eigenvalue weighted by Gasteiger charge is 2.29. The number of aromatic nitrogens is 1. The monoisotopic (exact) mass is 330 g/mol. The molecular formula is C18H22N2O4. The molecule has 0 N–H and O–H groups in total. The van der Waals surface area contributed by atoms with Gasteiger partial charge in [0.15, 0.2) is 5.89 Å². The van der Waals surface area contributed by atoms with Crippen molar-refractivity contribution in [2.75, 3.05) is 20.8 Å². The lowest BCUT2D eigenvalue weighted by Crippen LogP contribution is -2.36. The summed E-state index contributed by atoms with van der Waals surface area (Å²) in [5.74, 6) is 2.73. The van der Waals surface area contributed by atoms with Gasteiger partial charge < -0.3 is 18.8 Å². The first-order valence-corrected chi connectivity index (χ1v) is 8.03. The molecular weight excluding hydrogens is 308 g/mol. The largest absolute Gasteiger partial charge is 0.496 e. The topological polar surface area (TPSA) is 64.8 Å². The van der Waals surface area contributed by atoms with Crippen molar-refractivity contribution in [1.82, 2.24) is 9.88 Å². The molecule has 1 amide bonds. The molecule has 6 heteroatoms. The van der Waals surface area contributed by atoms with E-state index < -0.39 is 0 Å². The summed E-state index contributed by atoms with van der Waals surface area (Å²) in [6, 6.07) is 5.32. The molecule has 0 atom stereocenters. The highest BCUT2D eigenvalue weighted by molar-refractivity contribution is 5.99. The van der Waals surface area contributed by atoms with E-state index in [4.69, 9.17) is 13.9 Å². The molecule has 1 aromatic carbocycles. The third-order valence-electron chi connectivity index (χ3n) is 4.17. The Bertz CT molecular complexity index is 729. The van der Waals surface area contributed by atoms with Gasteiger partial charge >= 0.3 is 0 Å². The van der Waals surface area contributed by atoms with E-state index in [-0.39, 0.29) is 11.8 Å². The number of nitrogens with zero attached hydrogens (tertiary/aromatic N) is 2. The first-order valence-electron chi connectivity index (χ1n) is 8.03. The van der Waals surface area contributed by atoms with E-state index in [0.717, 1.165) is 17.3 Å². The standard InChI is InChI=1S/C18H22N2O4/c1-11(2)17-19-12-10-20(9-8-13(12)24-17)18(21)16-14(22-3)6-5-7-15(16)23-4/h5-7,11H,8-10H2,1-4H3. The van der Waals surface area contributed by atoms with E-state index in [2.05, 4.69) is 4.98 Å². The highest BCUT2D eigenvalue weighted by Crippen LogP contribution is 2.31. The first kappa shape index (κ1) is 16.4. The van der Waals surface area contributed by atoms with E-state index in [1.165, 1.54) is 0 Å². The molecule has 0 saturated carbocycles. The summed E-state index contributed by atoms with van der Waals surface area (Å²) < 4.78 is 16.5. The molecule has 0 bridgehead atoms. The Morgan fingerprint density at radius 1 is 1.25 bits per heavy atom. The van der Waals surface area contributed by atoms with Crippen LogP contribution in [0, 0.1) is 0 Å². The molecule has 1 aliphatic rings. The van der Waals surface area contributed by atoms with Crippen molar-refractivity contribution in [2.45, 2.75) is 32.7 Å². The molecule has 24 heavy (non-hydrogen) atoms. The fraction of sp³-hybridized carbons (Fsp3) is 0.444. The lowest BCUT2D eigenvalue weighted by atomic mass is 10.1. The number of oxazole rings is 1. The maximum atomic E-state index is 13.0. The lowest BCUT2D eigenvalue weighted by Gasteiger charge is -2.26. The number of hydrogen-bond acceptors (Lipinski definition) is 5. The average Bonchev–Trinajstić information content (AvgIpc) is 3.03. The van der Waals surface area contributed by atoms with Gasteiger partial charge in [0.2, 0.25) is 0 Å². The number of methoxy groups -OCH3 is 2. The molecule has 0 fully saturated rings. The van der Waals surface area contributed by atoms with E-state index in [9.17, 15) is 4.79 Å². The normalized spacial score (nSPS) is 13.8. The third kappa shape index (κ3) is 2.84. The minimum atomic E-state index is -0.121. The Morgan fingerprint density at radius 3 is 2.50 bits per heavy atom. The number of carbonyl (C=O) groups is 1. The smallest absolute Gasteiger partial charge is 0.261 e. The van der Waals surface area contributed by atoms with Gasteiger partial charge in [0.1, 0.15) is 28.5 Å². The molecule has 128 valence electrons. The zero-order chi connectivity index (χ0) is 17.3. The van der Waals surface area contributed by atoms with E-state index in [0.29, 0.717) is 36.6 Å². The zero-order valence-corrected chi connectivity index (χ0v) is 14.5. The van der Waals surface area contributed by atoms with Gasteiger partial charge in [-0.25, -0.2) is 4.98 Å². The number of amides is 1. The molecule has 1 aliphatic heterocycles. The number of hydrogen-bond donors (Lipinski definition) is 0. The third-order valence-corrected chi connectivity index (χ3v) is 4.17. The number of carbonyl (C=O) groups excluding carboxylic acids is 1. The minimum absolute atomic E-state index is 0.121. The van der Waals surface area contributed by atoms with Crippen LogP contribution in [-0.4, -0.2) is 36.6 Å². The van der Waals surface area contributed by atoms with Gasteiger partial charge in [-0.3, -0.25) is 4.79 Å². The van der Waals surface area contributed by atoms with Gasteiger partial charge in [-0.1, -0.05) is 19.9 Å². The van der Waals surface area contributed by atoms with Crippen molar-refractivity contribution in [3.8, 4) is 11.5 Å². The fourth-order valence-corrected chi connectivity index (χ4v) is 2.86. The van der Waals surface area contributed by atoms with Crippen molar-refractivity contribution >= 4 is 5.91 Å². The van der Waals surface area contributed by atoms with Crippen LogP contribution in [0.2, 0.25) is 0 Å². The summed E-state index contributed by atoms with van der Waals surface area (Å²) in [6.07, 6.45) is 0.665. The van der Waals surface area contributed by atoms with Gasteiger partial charge in [-0.15, -0.1) is 0 Å². The molecule has 2 aromatic rings. The van der Waals surface area contributed by atoms with Crippen molar-refractivity contribution in [2.24, 2.45) is 0 Å². The zero-order valence-electron chi connectivity index (χ0n) is 14.5. The average molecular weight is 330 g/mol. The summed E-state index contributed by atoms with van der Waals surface area (Å²) >= 11 is 0. The number of ether oxygens (including phenoxy) is 2. The predicted molar refractivity (Wildman–Crippen MR) is 88.6 cm³/mol. The number of rotatable bonds is 4. The summed E-state index contributed by atoms with van der Waals surface area (Å²) in [5.41, 5.74) is 1.28. The second-order valence-corrected chi connectivity index (χ2v) is 6.09. The summed E-state index contributed by atoms with van der Waals surface area (Å²) in [7, 11) is 3.10. The maximum Gasteiger partial charge on any atom is 0.261 e. The van der Waals surface area contributed by atoms with Crippen LogP contribution >= 0.6 is 0 Å². The molecule has 0 saturated heterocycles. The molecule has 0 aliphatic carbocycles. The minimum Gasteiger partial charge on any atom is -0.496 e. The fourth-order valence-electron chi connectivity index (χ4n) is 2.86. The Balaban J connectivity index is 1.89. The van der Waals surface area contributed by atoms with Crippen molar-refractivity contribution in [3.63, 3.8) is 0 Å². The second kappa shape index (κ2) is 6.55. The Kier molecular flexibility index (Phi) is 4.46. The molecule has 1 aromatic heterocycles. The Labute approximate surface area is 141 Å². The lowest BCUT2D eigenvalue weighted by molar-refractivity contribution is 0.0721. The number of benzene rings is 1. The summed E-state index contributed by atoms with van der Waals surface area (Å²) in [4.78, 5) is 19.3. The summed E-state index contributed by atoms with van der Waals surface area (Å²) in [6.45, 7) is 5.10. The van der Waals surface area contributed by atoms with Crippen LogP contribution in [0.25, 0.3) is 0 Å². The van der Waals surface area contributed by atoms with Crippen molar-refractivity contribution in [3.05, 3.63) is 41.1 Å². The van der Waals surface area contributed by atoms with Crippen molar-refractivity contribution < 1.29 is 18.7 Å². The van der Waals surface area contributed by atoms with Crippen LogP contribution < -0.4 is 9.47 Å². The van der Waals surface area contributed by atoms with Gasteiger partial charge in [0, 0.05) is 18.9 Å². The van der Waals surface area contributed by atoms with Gasteiger partial charge in [0.25, 0.3) is 5.91 Å². The van der Waals surface area contributed by atoms with E-state index in [1.807, 2.05) is 13.8 Å². The second-order valence-electron chi connectivity index (χ2n) is 6.09. The Morgan fingerprint density at radius 2 is 1.92 bits per heavy atom. The van der Waals surface area contributed by atoms with Crippen LogP contribution in [0.1, 0.15) is 47.5 Å². The highest BCUT2D eigenvalue weighted by atomic mass is 16.5. The number of fused-ring (bicyclic) bond motifs is 1. The molecule has 0 radical (unpaired) electrons. The predicted octanol–water partition coefficient (Wildman–Crippen LogP) is 3.01. The van der Waals surface area contributed by atoms with Crippen LogP contribution in [0.15, 0.2) is 22.6 Å². The van der Waals surface area contributed by atoms with Crippen LogP contribution in [0.5, 0.6) is 11.5 Å². The van der Waals surface area contributed by atoms with E-state index in [1.54, 1.807) is 37.3 Å².